The van der Waals surface area contributed by atoms with Crippen LogP contribution in [0.5, 0.6) is 0 Å². The molecule has 1 aliphatic rings. The summed E-state index contributed by atoms with van der Waals surface area (Å²) in [5.41, 5.74) is 5.74. The van der Waals surface area contributed by atoms with Crippen molar-refractivity contribution in [3.8, 4) is 0 Å². The maximum atomic E-state index is 11.8. The number of ether oxygens (including phenoxy) is 1. The maximum Gasteiger partial charge on any atom is 0.306 e. The number of esters is 1. The number of hydrogen-bond donors (Lipinski definition) is 1. The van der Waals surface area contributed by atoms with Crippen LogP contribution < -0.4 is 5.73 Å². The number of carbonyl (C=O) groups is 1. The SMILES string of the molecule is NCC1(CC(=O)OCCCCO[N+](=O)[O-])CCCCC1. The molecule has 7 heteroatoms. The molecule has 116 valence electrons. The molecule has 7 nitrogen and oxygen atoms in total. The fourth-order valence-corrected chi connectivity index (χ4v) is 2.64. The lowest BCUT2D eigenvalue weighted by Crippen LogP contribution is -2.35. The third-order valence-corrected chi connectivity index (χ3v) is 3.86. The molecule has 0 bridgehead atoms. The van der Waals surface area contributed by atoms with Gasteiger partial charge in [-0.05, 0) is 37.6 Å². The van der Waals surface area contributed by atoms with Crippen LogP contribution in [0.2, 0.25) is 0 Å². The summed E-state index contributed by atoms with van der Waals surface area (Å²) in [6.45, 7) is 0.844. The molecule has 2 N–H and O–H groups in total. The van der Waals surface area contributed by atoms with Crippen LogP contribution in [0.25, 0.3) is 0 Å². The second kappa shape index (κ2) is 8.73. The van der Waals surface area contributed by atoms with E-state index in [4.69, 9.17) is 10.5 Å². The highest BCUT2D eigenvalue weighted by Crippen LogP contribution is 2.38. The van der Waals surface area contributed by atoms with Crippen LogP contribution in [0.15, 0.2) is 0 Å². The Morgan fingerprint density at radius 2 is 1.85 bits per heavy atom. The van der Waals surface area contributed by atoms with Gasteiger partial charge in [-0.3, -0.25) is 4.79 Å². The Hall–Kier alpha value is -1.37. The van der Waals surface area contributed by atoms with Crippen molar-refractivity contribution >= 4 is 5.97 Å². The zero-order valence-corrected chi connectivity index (χ0v) is 11.8. The minimum Gasteiger partial charge on any atom is -0.466 e. The third kappa shape index (κ3) is 6.18. The monoisotopic (exact) mass is 288 g/mol. The quantitative estimate of drug-likeness (QED) is 0.300. The van der Waals surface area contributed by atoms with Crippen molar-refractivity contribution in [2.45, 2.75) is 51.4 Å². The Morgan fingerprint density at radius 1 is 1.20 bits per heavy atom. The molecule has 0 amide bonds. The molecule has 0 saturated heterocycles. The van der Waals surface area contributed by atoms with Crippen molar-refractivity contribution in [2.24, 2.45) is 11.1 Å². The first-order valence-electron chi connectivity index (χ1n) is 7.21. The summed E-state index contributed by atoms with van der Waals surface area (Å²) < 4.78 is 5.16. The van der Waals surface area contributed by atoms with Gasteiger partial charge < -0.3 is 15.3 Å². The van der Waals surface area contributed by atoms with E-state index >= 15 is 0 Å². The molecule has 0 aliphatic heterocycles. The van der Waals surface area contributed by atoms with Crippen LogP contribution >= 0.6 is 0 Å². The summed E-state index contributed by atoms with van der Waals surface area (Å²) in [6.07, 6.45) is 6.91. The van der Waals surface area contributed by atoms with E-state index in [0.29, 0.717) is 25.8 Å². The highest BCUT2D eigenvalue weighted by atomic mass is 16.9. The smallest absolute Gasteiger partial charge is 0.306 e. The van der Waals surface area contributed by atoms with Crippen LogP contribution in [0.1, 0.15) is 51.4 Å². The molecule has 0 radical (unpaired) electrons. The van der Waals surface area contributed by atoms with E-state index in [1.54, 1.807) is 0 Å². The first-order valence-corrected chi connectivity index (χ1v) is 7.21. The number of nitrogens with zero attached hydrogens (tertiary/aromatic N) is 1. The van der Waals surface area contributed by atoms with Gasteiger partial charge in [0.2, 0.25) is 0 Å². The standard InChI is InChI=1S/C13H24N2O5/c14-11-13(6-2-1-3-7-13)10-12(16)19-8-4-5-9-20-15(17)18/h1-11,14H2. The van der Waals surface area contributed by atoms with E-state index < -0.39 is 5.09 Å². The van der Waals surface area contributed by atoms with Gasteiger partial charge in [-0.1, -0.05) is 19.3 Å². The molecule has 0 aromatic rings. The van der Waals surface area contributed by atoms with Gasteiger partial charge in [0, 0.05) is 0 Å². The van der Waals surface area contributed by atoms with Gasteiger partial charge >= 0.3 is 5.97 Å². The van der Waals surface area contributed by atoms with Crippen LogP contribution in [-0.2, 0) is 14.4 Å². The van der Waals surface area contributed by atoms with E-state index in [1.807, 2.05) is 0 Å². The van der Waals surface area contributed by atoms with E-state index in [9.17, 15) is 14.9 Å². The predicted molar refractivity (Wildman–Crippen MR) is 72.3 cm³/mol. The van der Waals surface area contributed by atoms with E-state index in [1.165, 1.54) is 6.42 Å². The number of unbranched alkanes of at least 4 members (excludes halogenated alkanes) is 1. The molecule has 0 heterocycles. The van der Waals surface area contributed by atoms with Gasteiger partial charge in [-0.2, -0.15) is 0 Å². The van der Waals surface area contributed by atoms with Gasteiger partial charge in [-0.25, -0.2) is 0 Å². The summed E-state index contributed by atoms with van der Waals surface area (Å²) >= 11 is 0. The van der Waals surface area contributed by atoms with Gasteiger partial charge in [0.1, 0.15) is 0 Å². The van der Waals surface area contributed by atoms with E-state index in [-0.39, 0.29) is 24.6 Å². The Bertz CT molecular complexity index is 316. The van der Waals surface area contributed by atoms with E-state index in [2.05, 4.69) is 4.84 Å². The Balaban J connectivity index is 2.14. The molecule has 1 aliphatic carbocycles. The molecule has 0 unspecified atom stereocenters. The zero-order valence-electron chi connectivity index (χ0n) is 11.8. The molecule has 0 aromatic carbocycles. The van der Waals surface area contributed by atoms with Gasteiger partial charge in [0.05, 0.1) is 19.6 Å². The van der Waals surface area contributed by atoms with Crippen molar-refractivity contribution in [3.63, 3.8) is 0 Å². The highest BCUT2D eigenvalue weighted by Gasteiger charge is 2.33. The predicted octanol–water partition coefficient (Wildman–Crippen LogP) is 1.82. The first-order chi connectivity index (χ1) is 9.58. The van der Waals surface area contributed by atoms with Gasteiger partial charge in [0.25, 0.3) is 5.09 Å². The topological polar surface area (TPSA) is 105 Å². The summed E-state index contributed by atoms with van der Waals surface area (Å²) in [7, 11) is 0. The molecule has 0 spiro atoms. The summed E-state index contributed by atoms with van der Waals surface area (Å²) in [6, 6.07) is 0. The van der Waals surface area contributed by atoms with E-state index in [0.717, 1.165) is 25.7 Å². The Morgan fingerprint density at radius 3 is 2.45 bits per heavy atom. The second-order valence-electron chi connectivity index (χ2n) is 5.43. The first kappa shape index (κ1) is 16.7. The molecule has 0 atom stereocenters. The number of nitrogens with two attached hydrogens (primary N) is 1. The molecule has 1 rings (SSSR count). The van der Waals surface area contributed by atoms with Crippen molar-refractivity contribution in [3.05, 3.63) is 10.1 Å². The molecular weight excluding hydrogens is 264 g/mol. The van der Waals surface area contributed by atoms with Gasteiger partial charge in [0.15, 0.2) is 0 Å². The zero-order chi connectivity index (χ0) is 14.8. The molecule has 20 heavy (non-hydrogen) atoms. The van der Waals surface area contributed by atoms with Crippen LogP contribution in [0, 0.1) is 15.5 Å². The van der Waals surface area contributed by atoms with Crippen LogP contribution in [0.3, 0.4) is 0 Å². The Labute approximate surface area is 118 Å². The lowest BCUT2D eigenvalue weighted by molar-refractivity contribution is -0.757. The minimum atomic E-state index is -0.819. The number of rotatable bonds is 9. The second-order valence-corrected chi connectivity index (χ2v) is 5.43. The highest BCUT2D eigenvalue weighted by molar-refractivity contribution is 5.70. The normalized spacial score (nSPS) is 17.4. The third-order valence-electron chi connectivity index (χ3n) is 3.86. The number of carbonyl (C=O) groups excluding carboxylic acids is 1. The minimum absolute atomic E-state index is 0.0390. The van der Waals surface area contributed by atoms with Crippen molar-refractivity contribution < 1.29 is 19.5 Å². The van der Waals surface area contributed by atoms with Crippen LogP contribution in [0.4, 0.5) is 0 Å². The summed E-state index contributed by atoms with van der Waals surface area (Å²) in [5.74, 6) is -0.215. The summed E-state index contributed by atoms with van der Waals surface area (Å²) in [5, 5.41) is 9.10. The fraction of sp³-hybridized carbons (Fsp3) is 0.923. The molecule has 1 fully saturated rings. The lowest BCUT2D eigenvalue weighted by atomic mass is 9.72. The van der Waals surface area contributed by atoms with Crippen LogP contribution in [-0.4, -0.2) is 30.8 Å². The Kier molecular flexibility index (Phi) is 7.28. The largest absolute Gasteiger partial charge is 0.466 e. The molecular formula is C13H24N2O5. The number of hydrogen-bond acceptors (Lipinski definition) is 6. The lowest BCUT2D eigenvalue weighted by Gasteiger charge is -2.35. The molecule has 0 aromatic heterocycles. The fourth-order valence-electron chi connectivity index (χ4n) is 2.64. The van der Waals surface area contributed by atoms with Crippen molar-refractivity contribution in [1.29, 1.82) is 0 Å². The summed E-state index contributed by atoms with van der Waals surface area (Å²) in [4.78, 5) is 25.9. The van der Waals surface area contributed by atoms with Crippen molar-refractivity contribution in [1.82, 2.24) is 0 Å². The van der Waals surface area contributed by atoms with Crippen molar-refractivity contribution in [2.75, 3.05) is 19.8 Å². The van der Waals surface area contributed by atoms with Gasteiger partial charge in [-0.15, -0.1) is 10.1 Å². The maximum absolute atomic E-state index is 11.8. The average molecular weight is 288 g/mol. The average Bonchev–Trinajstić information content (AvgIpc) is 2.43. The molecule has 1 saturated carbocycles.